The average molecular weight is 433 g/mol. The molecule has 0 aliphatic rings. The molecule has 0 fully saturated rings. The third kappa shape index (κ3) is 7.84. The first kappa shape index (κ1) is 22.6. The second kappa shape index (κ2) is 10.5. The number of hydrogen-bond donors (Lipinski definition) is 0. The molecular weight excluding hydrogens is 415 g/mol. The van der Waals surface area contributed by atoms with E-state index in [1.807, 2.05) is 26.0 Å². The maximum Gasteiger partial charge on any atom is 2.00 e. The van der Waals surface area contributed by atoms with Crippen LogP contribution in [-0.2, 0) is 30.0 Å². The van der Waals surface area contributed by atoms with E-state index in [9.17, 15) is 0 Å². The molecule has 2 aromatic heterocycles. The molecule has 0 saturated heterocycles. The largest absolute Gasteiger partial charge is 2.00 e. The van der Waals surface area contributed by atoms with Crippen LogP contribution in [0, 0.1) is 13.8 Å². The van der Waals surface area contributed by atoms with Gasteiger partial charge in [0.1, 0.15) is 0 Å². The summed E-state index contributed by atoms with van der Waals surface area (Å²) in [6.07, 6.45) is 0. The predicted octanol–water partition coefficient (Wildman–Crippen LogP) is 0.910. The number of carbonyl (C=O) groups is 2. The second-order valence-electron chi connectivity index (χ2n) is 5.10. The third-order valence-corrected chi connectivity index (χ3v) is 2.80. The monoisotopic (exact) mass is 432 g/mol. The summed E-state index contributed by atoms with van der Waals surface area (Å²) >= 11 is 0. The number of aromatic nitrogens is 2. The molecule has 0 spiro atoms. The maximum absolute atomic E-state index is 8.89. The van der Waals surface area contributed by atoms with Crippen LogP contribution in [0.4, 0.5) is 0 Å². The molecule has 3 aromatic rings. The molecule has 7 heteroatoms. The van der Waals surface area contributed by atoms with E-state index in [0.717, 1.165) is 47.0 Å². The van der Waals surface area contributed by atoms with E-state index in [0.29, 0.717) is 0 Å². The van der Waals surface area contributed by atoms with Crippen molar-refractivity contribution >= 4 is 33.7 Å². The van der Waals surface area contributed by atoms with E-state index in [1.54, 1.807) is 0 Å². The van der Waals surface area contributed by atoms with Crippen LogP contribution in [0.25, 0.3) is 21.8 Å². The maximum atomic E-state index is 8.89. The van der Waals surface area contributed by atoms with Crippen LogP contribution in [0.5, 0.6) is 0 Å². The number of carbonyl (C=O) groups excluding carboxylic acids is 2. The zero-order chi connectivity index (χ0) is 18.3. The van der Waals surface area contributed by atoms with Crippen LogP contribution in [-0.4, -0.2) is 21.9 Å². The van der Waals surface area contributed by atoms with Gasteiger partial charge in [-0.2, -0.15) is 0 Å². The number of fused-ring (bicyclic) bond motifs is 3. The summed E-state index contributed by atoms with van der Waals surface area (Å²) in [4.78, 5) is 26.9. The fraction of sp³-hybridized carbons (Fsp3) is 0.222. The fourth-order valence-corrected chi connectivity index (χ4v) is 1.96. The summed E-state index contributed by atoms with van der Waals surface area (Å²) in [6.45, 7) is 5.96. The summed E-state index contributed by atoms with van der Waals surface area (Å²) in [5.74, 6) is -2.17. The van der Waals surface area contributed by atoms with Crippen molar-refractivity contribution in [1.29, 1.82) is 0 Å². The summed E-state index contributed by atoms with van der Waals surface area (Å²) < 4.78 is 0. The molecule has 0 atom stereocenters. The summed E-state index contributed by atoms with van der Waals surface area (Å²) in [5.41, 5.74) is 4.06. The summed E-state index contributed by atoms with van der Waals surface area (Å²) in [7, 11) is 0. The SMILES string of the molecule is CC(=O)[O-].CC(=O)[O-].Cc1ccc2ccc3ccc(C)nc3c2n1.[Pd+2]. The minimum absolute atomic E-state index is 0. The first-order chi connectivity index (χ1) is 11.2. The smallest absolute Gasteiger partial charge is 0.550 e. The van der Waals surface area contributed by atoms with Gasteiger partial charge >= 0.3 is 20.4 Å². The van der Waals surface area contributed by atoms with E-state index in [-0.39, 0.29) is 20.4 Å². The van der Waals surface area contributed by atoms with Crippen molar-refractivity contribution in [3.8, 4) is 0 Å². The molecule has 0 aliphatic carbocycles. The predicted molar refractivity (Wildman–Crippen MR) is 87.9 cm³/mol. The number of carboxylic acids is 2. The Morgan fingerprint density at radius 1 is 0.720 bits per heavy atom. The number of aliphatic carboxylic acids is 2. The van der Waals surface area contributed by atoms with Crippen molar-refractivity contribution < 1.29 is 40.2 Å². The van der Waals surface area contributed by atoms with Gasteiger partial charge in [0.25, 0.3) is 0 Å². The fourth-order valence-electron chi connectivity index (χ4n) is 1.96. The Hall–Kier alpha value is -2.36. The molecule has 0 saturated carbocycles. The number of benzene rings is 1. The minimum Gasteiger partial charge on any atom is -0.550 e. The minimum atomic E-state index is -1.08. The average Bonchev–Trinajstić information content (AvgIpc) is 2.46. The molecule has 0 aliphatic heterocycles. The molecule has 1 aromatic carbocycles. The number of nitrogens with zero attached hydrogens (tertiary/aromatic N) is 2. The first-order valence-electron chi connectivity index (χ1n) is 7.19. The molecular formula is C18H18N2O4Pd. The van der Waals surface area contributed by atoms with Crippen LogP contribution in [0.15, 0.2) is 36.4 Å². The summed E-state index contributed by atoms with van der Waals surface area (Å²) in [5, 5.41) is 20.1. The molecule has 3 rings (SSSR count). The van der Waals surface area contributed by atoms with Gasteiger partial charge in [-0.15, -0.1) is 0 Å². The Kier molecular flexibility index (Phi) is 9.51. The molecule has 0 radical (unpaired) electrons. The van der Waals surface area contributed by atoms with Crippen molar-refractivity contribution in [2.24, 2.45) is 0 Å². The van der Waals surface area contributed by atoms with Crippen LogP contribution in [0.1, 0.15) is 25.2 Å². The number of aryl methyl sites for hydroxylation is 2. The van der Waals surface area contributed by atoms with Gasteiger partial charge < -0.3 is 19.8 Å². The molecule has 0 bridgehead atoms. The number of carboxylic acid groups (broad SMARTS) is 2. The standard InChI is InChI=1S/C14H12N2.2C2H4O2.Pd/c1-9-3-5-11-7-8-12-6-4-10(2)16-14(12)13(11)15-9;2*1-2(3)4;/h3-8H,1-2H3;2*1H3,(H,3,4);/q;;;+2/p-2. The zero-order valence-corrected chi connectivity index (χ0v) is 15.9. The van der Waals surface area contributed by atoms with Crippen molar-refractivity contribution in [1.82, 2.24) is 9.97 Å². The normalized spacial score (nSPS) is 9.12. The molecule has 0 unspecified atom stereocenters. The van der Waals surface area contributed by atoms with Gasteiger partial charge in [0.2, 0.25) is 0 Å². The van der Waals surface area contributed by atoms with E-state index in [4.69, 9.17) is 19.8 Å². The van der Waals surface area contributed by atoms with Gasteiger partial charge in [-0.05, 0) is 39.8 Å². The molecule has 0 amide bonds. The van der Waals surface area contributed by atoms with E-state index in [1.165, 1.54) is 0 Å². The Morgan fingerprint density at radius 3 is 1.24 bits per heavy atom. The van der Waals surface area contributed by atoms with Crippen molar-refractivity contribution in [2.75, 3.05) is 0 Å². The van der Waals surface area contributed by atoms with E-state index in [2.05, 4.69) is 34.2 Å². The van der Waals surface area contributed by atoms with E-state index < -0.39 is 11.9 Å². The van der Waals surface area contributed by atoms with Crippen LogP contribution in [0.3, 0.4) is 0 Å². The zero-order valence-electron chi connectivity index (χ0n) is 14.3. The molecule has 6 nitrogen and oxygen atoms in total. The van der Waals surface area contributed by atoms with Gasteiger partial charge in [-0.1, -0.05) is 24.3 Å². The van der Waals surface area contributed by atoms with Crippen LogP contribution < -0.4 is 10.2 Å². The third-order valence-electron chi connectivity index (χ3n) is 2.80. The van der Waals surface area contributed by atoms with Crippen molar-refractivity contribution in [2.45, 2.75) is 27.7 Å². The molecule has 0 N–H and O–H groups in total. The van der Waals surface area contributed by atoms with Crippen LogP contribution in [0.2, 0.25) is 0 Å². The number of pyridine rings is 2. The Morgan fingerprint density at radius 2 is 0.960 bits per heavy atom. The molecule has 2 heterocycles. The van der Waals surface area contributed by atoms with Gasteiger partial charge in [0.15, 0.2) is 0 Å². The van der Waals surface area contributed by atoms with Gasteiger partial charge in [0.05, 0.1) is 11.0 Å². The van der Waals surface area contributed by atoms with Crippen molar-refractivity contribution in [3.63, 3.8) is 0 Å². The molecule has 134 valence electrons. The molecule has 25 heavy (non-hydrogen) atoms. The topological polar surface area (TPSA) is 106 Å². The van der Waals surface area contributed by atoms with E-state index >= 15 is 0 Å². The second-order valence-corrected chi connectivity index (χ2v) is 5.10. The van der Waals surface area contributed by atoms with Crippen molar-refractivity contribution in [3.05, 3.63) is 47.8 Å². The van der Waals surface area contributed by atoms with Crippen LogP contribution >= 0.6 is 0 Å². The van der Waals surface area contributed by atoms with Gasteiger partial charge in [-0.25, -0.2) is 0 Å². The summed E-state index contributed by atoms with van der Waals surface area (Å²) in [6, 6.07) is 12.5. The van der Waals surface area contributed by atoms with Gasteiger partial charge in [-0.3, -0.25) is 9.97 Å². The quantitative estimate of drug-likeness (QED) is 0.386. The Balaban J connectivity index is 0.000000549. The van der Waals surface area contributed by atoms with Gasteiger partial charge in [0, 0.05) is 34.1 Å². The first-order valence-corrected chi connectivity index (χ1v) is 7.19. The Bertz CT molecular complexity index is 801. The number of hydrogen-bond acceptors (Lipinski definition) is 6. The number of rotatable bonds is 0. The Labute approximate surface area is 159 Å².